The third-order valence-corrected chi connectivity index (χ3v) is 6.03. The second kappa shape index (κ2) is 8.48. The minimum absolute atomic E-state index is 0.132. The van der Waals surface area contributed by atoms with E-state index in [4.69, 9.17) is 16.6 Å². The summed E-state index contributed by atoms with van der Waals surface area (Å²) in [5, 5.41) is 4.13. The number of nitrogens with one attached hydrogen (secondary N) is 1. The van der Waals surface area contributed by atoms with Gasteiger partial charge in [-0.05, 0) is 60.7 Å². The molecule has 5 rings (SSSR count). The van der Waals surface area contributed by atoms with Crippen molar-refractivity contribution in [3.63, 3.8) is 0 Å². The van der Waals surface area contributed by atoms with Crippen molar-refractivity contribution in [1.82, 2.24) is 10.3 Å². The molecule has 2 unspecified atom stereocenters. The zero-order valence-electron chi connectivity index (χ0n) is 18.0. The minimum atomic E-state index is -0.167. The van der Waals surface area contributed by atoms with E-state index in [1.54, 1.807) is 0 Å². The van der Waals surface area contributed by atoms with Crippen LogP contribution in [-0.2, 0) is 0 Å². The minimum Gasteiger partial charge on any atom is -0.459 e. The summed E-state index contributed by atoms with van der Waals surface area (Å²) in [6, 6.07) is 28.2. The summed E-state index contributed by atoms with van der Waals surface area (Å²) in [4.78, 5) is 8.81. The molecule has 0 spiro atoms. The van der Waals surface area contributed by atoms with Gasteiger partial charge in [0.05, 0.1) is 11.7 Å². The van der Waals surface area contributed by atoms with Crippen molar-refractivity contribution < 1.29 is 4.42 Å². The van der Waals surface area contributed by atoms with Crippen molar-refractivity contribution in [2.24, 2.45) is 0 Å². The van der Waals surface area contributed by atoms with E-state index in [-0.39, 0.29) is 12.1 Å². The van der Waals surface area contributed by atoms with Crippen LogP contribution < -0.4 is 15.1 Å². The zero-order chi connectivity index (χ0) is 22.1. The third-order valence-electron chi connectivity index (χ3n) is 5.72. The summed E-state index contributed by atoms with van der Waals surface area (Å²) >= 11 is 5.80. The van der Waals surface area contributed by atoms with Crippen LogP contribution in [0.2, 0.25) is 0 Å². The van der Waals surface area contributed by atoms with Crippen molar-refractivity contribution in [3.8, 4) is 11.3 Å². The SMILES string of the molecule is CN(C)c1ccc(N2C(=S)NC(c3ccccn3)C2c2ccc(-c3ccccc3)o2)cc1. The molecule has 3 heterocycles. The van der Waals surface area contributed by atoms with E-state index in [2.05, 4.69) is 44.4 Å². The van der Waals surface area contributed by atoms with Gasteiger partial charge in [0.25, 0.3) is 0 Å². The molecule has 2 aromatic carbocycles. The number of benzene rings is 2. The Labute approximate surface area is 193 Å². The van der Waals surface area contributed by atoms with Crippen LogP contribution in [0.4, 0.5) is 11.4 Å². The molecule has 2 aromatic heterocycles. The lowest BCUT2D eigenvalue weighted by atomic mass is 10.0. The monoisotopic (exact) mass is 440 g/mol. The Kier molecular flexibility index (Phi) is 5.37. The van der Waals surface area contributed by atoms with Crippen molar-refractivity contribution in [1.29, 1.82) is 0 Å². The molecule has 0 radical (unpaired) electrons. The first-order valence-electron chi connectivity index (χ1n) is 10.5. The fourth-order valence-corrected chi connectivity index (χ4v) is 4.45. The smallest absolute Gasteiger partial charge is 0.174 e. The van der Waals surface area contributed by atoms with E-state index >= 15 is 0 Å². The van der Waals surface area contributed by atoms with Gasteiger partial charge in [-0.15, -0.1) is 0 Å². The first kappa shape index (κ1) is 20.3. The molecule has 0 saturated carbocycles. The summed E-state index contributed by atoms with van der Waals surface area (Å²) in [6.45, 7) is 0. The second-order valence-corrected chi connectivity index (χ2v) is 8.36. The van der Waals surface area contributed by atoms with E-state index in [0.717, 1.165) is 34.2 Å². The van der Waals surface area contributed by atoms with Gasteiger partial charge in [-0.25, -0.2) is 0 Å². The van der Waals surface area contributed by atoms with Gasteiger partial charge < -0.3 is 19.5 Å². The van der Waals surface area contributed by atoms with E-state index in [9.17, 15) is 0 Å². The highest BCUT2D eigenvalue weighted by molar-refractivity contribution is 7.80. The van der Waals surface area contributed by atoms with Gasteiger partial charge in [-0.3, -0.25) is 4.98 Å². The van der Waals surface area contributed by atoms with Crippen molar-refractivity contribution >= 4 is 28.7 Å². The highest BCUT2D eigenvalue weighted by atomic mass is 32.1. The number of anilines is 2. The number of furan rings is 1. The second-order valence-electron chi connectivity index (χ2n) is 7.98. The van der Waals surface area contributed by atoms with Crippen LogP contribution in [0.5, 0.6) is 0 Å². The molecule has 1 aliphatic heterocycles. The topological polar surface area (TPSA) is 44.5 Å². The predicted molar refractivity (Wildman–Crippen MR) is 133 cm³/mol. The molecule has 160 valence electrons. The van der Waals surface area contributed by atoms with Crippen LogP contribution >= 0.6 is 12.2 Å². The Morgan fingerprint density at radius 2 is 1.66 bits per heavy atom. The fraction of sp³-hybridized carbons (Fsp3) is 0.154. The number of hydrogen-bond acceptors (Lipinski definition) is 4. The Morgan fingerprint density at radius 1 is 0.906 bits per heavy atom. The lowest BCUT2D eigenvalue weighted by molar-refractivity contribution is 0.439. The van der Waals surface area contributed by atoms with Gasteiger partial charge in [-0.1, -0.05) is 36.4 Å². The Balaban J connectivity index is 1.58. The van der Waals surface area contributed by atoms with Crippen molar-refractivity contribution in [2.75, 3.05) is 23.9 Å². The Bertz CT molecular complexity index is 1210. The predicted octanol–water partition coefficient (Wildman–Crippen LogP) is 5.58. The van der Waals surface area contributed by atoms with Crippen LogP contribution in [0.25, 0.3) is 11.3 Å². The highest BCUT2D eigenvalue weighted by Crippen LogP contribution is 2.43. The van der Waals surface area contributed by atoms with E-state index < -0.39 is 0 Å². The number of pyridine rings is 1. The standard InChI is InChI=1S/C26H24N4OS/c1-29(2)19-11-13-20(14-12-19)30-25(24(28-26(30)32)21-10-6-7-17-27-21)23-16-15-22(31-23)18-8-4-3-5-9-18/h3-17,24-25H,1-2H3,(H,28,32). The van der Waals surface area contributed by atoms with Crippen LogP contribution in [0, 0.1) is 0 Å². The maximum atomic E-state index is 6.39. The summed E-state index contributed by atoms with van der Waals surface area (Å²) in [5.74, 6) is 1.67. The van der Waals surface area contributed by atoms with E-state index in [1.165, 1.54) is 0 Å². The van der Waals surface area contributed by atoms with E-state index in [0.29, 0.717) is 5.11 Å². The van der Waals surface area contributed by atoms with Crippen LogP contribution in [0.3, 0.4) is 0 Å². The molecule has 4 aromatic rings. The first-order chi connectivity index (χ1) is 15.6. The molecule has 0 amide bonds. The van der Waals surface area contributed by atoms with Gasteiger partial charge in [0.15, 0.2) is 5.11 Å². The van der Waals surface area contributed by atoms with Crippen molar-refractivity contribution in [2.45, 2.75) is 12.1 Å². The highest BCUT2D eigenvalue weighted by Gasteiger charge is 2.42. The largest absolute Gasteiger partial charge is 0.459 e. The van der Waals surface area contributed by atoms with Gasteiger partial charge >= 0.3 is 0 Å². The van der Waals surface area contributed by atoms with Gasteiger partial charge in [0.2, 0.25) is 0 Å². The molecule has 5 nitrogen and oxygen atoms in total. The van der Waals surface area contributed by atoms with Crippen LogP contribution in [-0.4, -0.2) is 24.2 Å². The molecule has 0 bridgehead atoms. The molecule has 1 aliphatic rings. The van der Waals surface area contributed by atoms with E-state index in [1.807, 2.05) is 81.0 Å². The van der Waals surface area contributed by atoms with Crippen molar-refractivity contribution in [3.05, 3.63) is 103 Å². The van der Waals surface area contributed by atoms with Gasteiger partial charge in [0, 0.05) is 37.2 Å². The molecule has 2 atom stereocenters. The molecule has 6 heteroatoms. The molecule has 1 N–H and O–H groups in total. The number of hydrogen-bond donors (Lipinski definition) is 1. The van der Waals surface area contributed by atoms with Gasteiger partial charge in [-0.2, -0.15) is 0 Å². The summed E-state index contributed by atoms with van der Waals surface area (Å²) in [6.07, 6.45) is 1.81. The molecule has 32 heavy (non-hydrogen) atoms. The van der Waals surface area contributed by atoms with Crippen LogP contribution in [0.15, 0.2) is 95.5 Å². The Morgan fingerprint density at radius 3 is 2.34 bits per heavy atom. The average molecular weight is 441 g/mol. The number of nitrogens with zero attached hydrogens (tertiary/aromatic N) is 3. The number of thiocarbonyl (C=S) groups is 1. The number of aromatic nitrogens is 1. The molecule has 0 aliphatic carbocycles. The molecule has 1 fully saturated rings. The summed E-state index contributed by atoms with van der Waals surface area (Å²) < 4.78 is 6.39. The molecule has 1 saturated heterocycles. The maximum Gasteiger partial charge on any atom is 0.174 e. The maximum absolute atomic E-state index is 6.39. The molecular weight excluding hydrogens is 416 g/mol. The van der Waals surface area contributed by atoms with Crippen LogP contribution in [0.1, 0.15) is 23.5 Å². The third kappa shape index (κ3) is 3.74. The molecular formula is C26H24N4OS. The average Bonchev–Trinajstić information content (AvgIpc) is 3.45. The fourth-order valence-electron chi connectivity index (χ4n) is 4.10. The lowest BCUT2D eigenvalue weighted by Crippen LogP contribution is -2.29. The first-order valence-corrected chi connectivity index (χ1v) is 11.0. The van der Waals surface area contributed by atoms with Gasteiger partial charge in [0.1, 0.15) is 17.6 Å². The quantitative estimate of drug-likeness (QED) is 0.409. The summed E-state index contributed by atoms with van der Waals surface area (Å²) in [7, 11) is 4.07. The Hall–Kier alpha value is -3.64. The zero-order valence-corrected chi connectivity index (χ0v) is 18.8. The number of rotatable bonds is 5. The normalized spacial score (nSPS) is 17.9. The summed E-state index contributed by atoms with van der Waals surface area (Å²) in [5.41, 5.74) is 4.11. The lowest BCUT2D eigenvalue weighted by Gasteiger charge is -2.26.